The van der Waals surface area contributed by atoms with Crippen LogP contribution in [0.2, 0.25) is 0 Å². The first-order chi connectivity index (χ1) is 27.7. The van der Waals surface area contributed by atoms with E-state index in [9.17, 15) is 0 Å². The summed E-state index contributed by atoms with van der Waals surface area (Å²) in [6.45, 7) is 8.62. The number of hydrogen-bond donors (Lipinski definition) is 0. The molecule has 6 nitrogen and oxygen atoms in total. The summed E-state index contributed by atoms with van der Waals surface area (Å²) >= 11 is 0. The lowest BCUT2D eigenvalue weighted by atomic mass is 9.99. The molecule has 9 aromatic rings. The molecular formula is C50H32N4O2. The summed E-state index contributed by atoms with van der Waals surface area (Å²) in [5, 5.41) is 1.79. The van der Waals surface area contributed by atoms with Crippen LogP contribution in [0.3, 0.4) is 0 Å². The molecule has 0 fully saturated rings. The molecule has 0 saturated heterocycles. The van der Waals surface area contributed by atoms with Crippen molar-refractivity contribution in [2.75, 3.05) is 4.90 Å². The number of rotatable bonds is 6. The van der Waals surface area contributed by atoms with Gasteiger partial charge in [-0.3, -0.25) is 9.47 Å². The van der Waals surface area contributed by atoms with E-state index in [4.69, 9.17) is 19.4 Å². The van der Waals surface area contributed by atoms with Crippen molar-refractivity contribution in [2.24, 2.45) is 0 Å². The Bertz CT molecular complexity index is 3050. The predicted octanol–water partition coefficient (Wildman–Crippen LogP) is 13.5. The van der Waals surface area contributed by atoms with Crippen molar-refractivity contribution in [3.05, 3.63) is 182 Å². The summed E-state index contributed by atoms with van der Waals surface area (Å²) in [7, 11) is 0. The maximum absolute atomic E-state index is 7.20. The molecule has 0 saturated carbocycles. The summed E-state index contributed by atoms with van der Waals surface area (Å²) in [5.41, 5.74) is 11.3. The van der Waals surface area contributed by atoms with E-state index in [-0.39, 0.29) is 0 Å². The van der Waals surface area contributed by atoms with Crippen molar-refractivity contribution in [3.63, 3.8) is 0 Å². The second-order valence-electron chi connectivity index (χ2n) is 13.9. The number of para-hydroxylation sites is 1. The highest BCUT2D eigenvalue weighted by Crippen LogP contribution is 2.63. The van der Waals surface area contributed by atoms with Gasteiger partial charge in [-0.05, 0) is 70.8 Å². The minimum Gasteiger partial charge on any atom is -0.453 e. The van der Waals surface area contributed by atoms with E-state index in [2.05, 4.69) is 120 Å². The number of fused-ring (bicyclic) bond motifs is 7. The third kappa shape index (κ3) is 4.76. The van der Waals surface area contributed by atoms with E-state index < -0.39 is 0 Å². The number of benzene rings is 7. The second kappa shape index (κ2) is 12.4. The number of hydrogen-bond acceptors (Lipinski definition) is 5. The number of aromatic nitrogens is 3. The number of ether oxygens (including phenoxy) is 2. The fourth-order valence-corrected chi connectivity index (χ4v) is 8.17. The van der Waals surface area contributed by atoms with Crippen LogP contribution in [-0.4, -0.2) is 14.5 Å². The Hall–Kier alpha value is -7.70. The van der Waals surface area contributed by atoms with Crippen LogP contribution < -0.4 is 14.4 Å². The first-order valence-corrected chi connectivity index (χ1v) is 18.6. The fourth-order valence-electron chi connectivity index (χ4n) is 8.17. The average Bonchev–Trinajstić information content (AvgIpc) is 3.59. The maximum atomic E-state index is 7.20. The first kappa shape index (κ1) is 31.8. The lowest BCUT2D eigenvalue weighted by Gasteiger charge is -2.38. The number of anilines is 3. The maximum Gasteiger partial charge on any atom is 0.180 e. The molecule has 264 valence electrons. The zero-order chi connectivity index (χ0) is 37.3. The molecule has 0 spiro atoms. The summed E-state index contributed by atoms with van der Waals surface area (Å²) < 4.78 is 16.3. The van der Waals surface area contributed by atoms with Gasteiger partial charge < -0.3 is 9.47 Å². The van der Waals surface area contributed by atoms with Gasteiger partial charge in [0, 0.05) is 21.9 Å². The van der Waals surface area contributed by atoms with Gasteiger partial charge >= 0.3 is 0 Å². The minimum atomic E-state index is 0.620. The molecule has 0 N–H and O–H groups in total. The molecule has 2 aromatic heterocycles. The number of nitrogens with zero attached hydrogens (tertiary/aromatic N) is 4. The molecule has 4 heterocycles. The third-order valence-electron chi connectivity index (χ3n) is 10.7. The van der Waals surface area contributed by atoms with Gasteiger partial charge in [0.2, 0.25) is 0 Å². The summed E-state index contributed by atoms with van der Waals surface area (Å²) in [4.78, 5) is 12.6. The molecule has 2 aliphatic heterocycles. The van der Waals surface area contributed by atoms with Crippen molar-refractivity contribution in [2.45, 2.75) is 0 Å². The van der Waals surface area contributed by atoms with E-state index in [0.29, 0.717) is 23.1 Å². The topological polar surface area (TPSA) is 52.4 Å². The van der Waals surface area contributed by atoms with Gasteiger partial charge in [0.05, 0.1) is 22.6 Å². The van der Waals surface area contributed by atoms with Crippen LogP contribution >= 0.6 is 0 Å². The van der Waals surface area contributed by atoms with Crippen molar-refractivity contribution >= 4 is 51.0 Å². The molecule has 11 rings (SSSR count). The third-order valence-corrected chi connectivity index (χ3v) is 10.7. The van der Waals surface area contributed by atoms with Gasteiger partial charge in [-0.2, -0.15) is 0 Å². The van der Waals surface area contributed by atoms with E-state index in [1.165, 1.54) is 0 Å². The van der Waals surface area contributed by atoms with Crippen molar-refractivity contribution in [1.29, 1.82) is 0 Å². The fraction of sp³-hybridized carbons (Fsp3) is 0. The van der Waals surface area contributed by atoms with Gasteiger partial charge in [0.25, 0.3) is 0 Å². The smallest absolute Gasteiger partial charge is 0.180 e. The Morgan fingerprint density at radius 3 is 1.71 bits per heavy atom. The van der Waals surface area contributed by atoms with Crippen LogP contribution in [-0.2, 0) is 0 Å². The lowest BCUT2D eigenvalue weighted by molar-refractivity contribution is 0.449. The van der Waals surface area contributed by atoms with Gasteiger partial charge in [-0.15, -0.1) is 0 Å². The van der Waals surface area contributed by atoms with E-state index >= 15 is 0 Å². The predicted molar refractivity (Wildman–Crippen MR) is 228 cm³/mol. The van der Waals surface area contributed by atoms with Gasteiger partial charge in [-0.25, -0.2) is 9.97 Å². The summed E-state index contributed by atoms with van der Waals surface area (Å²) in [6, 6.07) is 53.9. The quantitative estimate of drug-likeness (QED) is 0.171. The molecule has 0 unspecified atom stereocenters. The minimum absolute atomic E-state index is 0.620. The molecular weight excluding hydrogens is 689 g/mol. The largest absolute Gasteiger partial charge is 0.453 e. The highest BCUT2D eigenvalue weighted by atomic mass is 16.5. The second-order valence-corrected chi connectivity index (χ2v) is 13.9. The first-order valence-electron chi connectivity index (χ1n) is 18.6. The van der Waals surface area contributed by atoms with E-state index in [1.54, 1.807) is 0 Å². The highest BCUT2D eigenvalue weighted by molar-refractivity contribution is 6.09. The Balaban J connectivity index is 1.23. The summed E-state index contributed by atoms with van der Waals surface area (Å²) in [5.74, 6) is 4.13. The van der Waals surface area contributed by atoms with Crippen LogP contribution in [0.25, 0.3) is 73.4 Å². The van der Waals surface area contributed by atoms with E-state index in [0.717, 1.165) is 89.4 Å². The Kier molecular flexibility index (Phi) is 7.06. The molecule has 56 heavy (non-hydrogen) atoms. The molecule has 2 aliphatic rings. The Labute approximate surface area is 323 Å². The molecule has 0 radical (unpaired) electrons. The molecule has 0 aliphatic carbocycles. The van der Waals surface area contributed by atoms with Gasteiger partial charge in [0.1, 0.15) is 17.0 Å². The van der Waals surface area contributed by atoms with Crippen molar-refractivity contribution in [3.8, 4) is 62.5 Å². The molecule has 0 amide bonds. The Morgan fingerprint density at radius 1 is 0.500 bits per heavy atom. The molecule has 6 heteroatoms. The molecule has 7 aromatic carbocycles. The van der Waals surface area contributed by atoms with Crippen molar-refractivity contribution < 1.29 is 9.47 Å². The van der Waals surface area contributed by atoms with Crippen molar-refractivity contribution in [1.82, 2.24) is 14.5 Å². The van der Waals surface area contributed by atoms with Crippen LogP contribution in [0.15, 0.2) is 171 Å². The van der Waals surface area contributed by atoms with Crippen LogP contribution in [0.5, 0.6) is 23.0 Å². The molecule has 0 atom stereocenters. The van der Waals surface area contributed by atoms with Gasteiger partial charge in [-0.1, -0.05) is 134 Å². The standard InChI is InChI=1S/C50H32N4O2/c1-3-36-38-30-45-47-48(46(38)54(40(36)4-2)50-37-22-14-15-23-39(37)51-49(52-50)33-20-12-7-13-21-33)56-44-29-35(32-18-10-6-11-19-32)25-27-42(44)53(47)41-26-24-34(28-43(41)55-45)31-16-8-5-9-17-31/h3-30H,1-2H2. The normalized spacial score (nSPS) is 12.3. The van der Waals surface area contributed by atoms with Crippen LogP contribution in [0, 0.1) is 0 Å². The van der Waals surface area contributed by atoms with Gasteiger partial charge in [0.15, 0.2) is 28.8 Å². The van der Waals surface area contributed by atoms with Crippen LogP contribution in [0.1, 0.15) is 11.3 Å². The SMILES string of the molecule is C=Cc1c(C=C)n(-c2nc(-c3ccccc3)nc3ccccc23)c2c3c4c(cc12)Oc1cc(-c2ccccc2)ccc1N4c1ccc(-c2ccccc2)cc1O3. The van der Waals surface area contributed by atoms with Crippen LogP contribution in [0.4, 0.5) is 17.1 Å². The monoisotopic (exact) mass is 720 g/mol. The summed E-state index contributed by atoms with van der Waals surface area (Å²) in [6.07, 6.45) is 3.74. The zero-order valence-electron chi connectivity index (χ0n) is 30.2. The zero-order valence-corrected chi connectivity index (χ0v) is 30.2. The van der Waals surface area contributed by atoms with E-state index in [1.807, 2.05) is 72.8 Å². The highest BCUT2D eigenvalue weighted by Gasteiger charge is 2.38. The lowest BCUT2D eigenvalue weighted by Crippen LogP contribution is -2.21. The Morgan fingerprint density at radius 2 is 1.09 bits per heavy atom. The molecule has 0 bridgehead atoms. The average molecular weight is 721 g/mol.